The van der Waals surface area contributed by atoms with Crippen LogP contribution in [0.4, 0.5) is 0 Å². The monoisotopic (exact) mass is 302 g/mol. The summed E-state index contributed by atoms with van der Waals surface area (Å²) in [5, 5.41) is 6.79. The number of carbonyl (C=O) groups excluding carboxylic acids is 1. The van der Waals surface area contributed by atoms with Crippen molar-refractivity contribution in [3.05, 3.63) is 52.2 Å². The van der Waals surface area contributed by atoms with Crippen molar-refractivity contribution in [3.8, 4) is 0 Å². The van der Waals surface area contributed by atoms with Gasteiger partial charge in [0.05, 0.1) is 0 Å². The van der Waals surface area contributed by atoms with Gasteiger partial charge in [0.2, 0.25) is 5.82 Å². The largest absolute Gasteiger partial charge is 0.347 e. The zero-order chi connectivity index (χ0) is 16.1. The van der Waals surface area contributed by atoms with Crippen molar-refractivity contribution in [3.63, 3.8) is 0 Å². The summed E-state index contributed by atoms with van der Waals surface area (Å²) in [6, 6.07) is 10.2. The van der Waals surface area contributed by atoms with Gasteiger partial charge in [-0.3, -0.25) is 9.78 Å². The number of aryl methyl sites for hydroxylation is 1. The Bertz CT molecular complexity index is 675. The lowest BCUT2D eigenvalue weighted by Gasteiger charge is -2.23. The fraction of sp³-hybridized carbons (Fsp3) is 0.438. The van der Waals surface area contributed by atoms with E-state index in [1.165, 1.54) is 12.6 Å². The number of hydrogen-bond acceptors (Lipinski definition) is 3. The Kier molecular flexibility index (Phi) is 5.14. The van der Waals surface area contributed by atoms with E-state index >= 15 is 0 Å². The molecule has 0 aliphatic carbocycles. The molecule has 1 aromatic carbocycles. The summed E-state index contributed by atoms with van der Waals surface area (Å²) in [5.41, 5.74) is 0.857. The molecule has 0 fully saturated rings. The van der Waals surface area contributed by atoms with Crippen molar-refractivity contribution in [2.45, 2.75) is 32.7 Å². The van der Waals surface area contributed by atoms with Crippen molar-refractivity contribution < 1.29 is 4.79 Å². The molecule has 0 bridgehead atoms. The van der Waals surface area contributed by atoms with Crippen LogP contribution in [0.15, 0.2) is 35.1 Å². The summed E-state index contributed by atoms with van der Waals surface area (Å²) >= 11 is 0. The molecule has 6 nitrogen and oxygen atoms in total. The summed E-state index contributed by atoms with van der Waals surface area (Å²) < 4.78 is 1.11. The number of rotatable bonds is 6. The highest BCUT2D eigenvalue weighted by molar-refractivity contribution is 5.90. The molecule has 2 N–H and O–H groups in total. The number of nitrogens with one attached hydrogen (secondary N) is 2. The molecule has 0 saturated heterocycles. The molecule has 118 valence electrons. The second-order valence-electron chi connectivity index (χ2n) is 5.52. The summed E-state index contributed by atoms with van der Waals surface area (Å²) in [4.78, 5) is 25.9. The standard InChI is InChI=1S/C16H22N4O2/c1-4-13(10-12-8-6-5-7-9-12)11(2)17-15(21)14-18-16(22)20(3)19-14/h5-9,11,13H,4,10H2,1-3H3,(H,17,21)(H,18,19,22)/t11-,13-/m0/s1. The molecule has 1 aromatic heterocycles. The van der Waals surface area contributed by atoms with Gasteiger partial charge in [0, 0.05) is 13.1 Å². The Morgan fingerprint density at radius 3 is 2.59 bits per heavy atom. The van der Waals surface area contributed by atoms with Crippen LogP contribution in [-0.2, 0) is 13.5 Å². The van der Waals surface area contributed by atoms with Crippen LogP contribution in [-0.4, -0.2) is 26.7 Å². The zero-order valence-corrected chi connectivity index (χ0v) is 13.2. The molecule has 0 spiro atoms. The van der Waals surface area contributed by atoms with E-state index in [-0.39, 0.29) is 17.8 Å². The van der Waals surface area contributed by atoms with Gasteiger partial charge >= 0.3 is 5.69 Å². The lowest BCUT2D eigenvalue weighted by Crippen LogP contribution is -2.39. The van der Waals surface area contributed by atoms with Gasteiger partial charge < -0.3 is 5.32 Å². The Morgan fingerprint density at radius 2 is 2.05 bits per heavy atom. The fourth-order valence-corrected chi connectivity index (χ4v) is 2.49. The molecule has 0 radical (unpaired) electrons. The van der Waals surface area contributed by atoms with Crippen LogP contribution in [0.1, 0.15) is 36.5 Å². The van der Waals surface area contributed by atoms with E-state index < -0.39 is 5.69 Å². The molecule has 22 heavy (non-hydrogen) atoms. The molecular formula is C16H22N4O2. The van der Waals surface area contributed by atoms with Gasteiger partial charge in [0.1, 0.15) is 0 Å². The number of benzene rings is 1. The molecule has 0 saturated carbocycles. The summed E-state index contributed by atoms with van der Waals surface area (Å²) in [7, 11) is 1.50. The van der Waals surface area contributed by atoms with Gasteiger partial charge in [-0.05, 0) is 24.8 Å². The third kappa shape index (κ3) is 3.84. The SMILES string of the molecule is CC[C@@H](Cc1ccccc1)[C@H](C)NC(=O)c1nn(C)c(=O)[nH]1. The number of aromatic nitrogens is 3. The van der Waals surface area contributed by atoms with Crippen LogP contribution in [0.5, 0.6) is 0 Å². The van der Waals surface area contributed by atoms with Crippen LogP contribution in [0.25, 0.3) is 0 Å². The highest BCUT2D eigenvalue weighted by Crippen LogP contribution is 2.16. The normalized spacial score (nSPS) is 13.6. The lowest BCUT2D eigenvalue weighted by atomic mass is 9.91. The first-order valence-corrected chi connectivity index (χ1v) is 7.49. The molecule has 0 unspecified atom stereocenters. The first-order chi connectivity index (χ1) is 10.5. The Balaban J connectivity index is 2.01. The van der Waals surface area contributed by atoms with Crippen LogP contribution in [0.3, 0.4) is 0 Å². The maximum absolute atomic E-state index is 12.1. The average Bonchev–Trinajstić information content (AvgIpc) is 2.85. The number of hydrogen-bond donors (Lipinski definition) is 2. The second-order valence-corrected chi connectivity index (χ2v) is 5.52. The predicted octanol–water partition coefficient (Wildman–Crippen LogP) is 1.50. The second kappa shape index (κ2) is 7.06. The van der Waals surface area contributed by atoms with Gasteiger partial charge in [-0.2, -0.15) is 0 Å². The van der Waals surface area contributed by atoms with Crippen LogP contribution in [0.2, 0.25) is 0 Å². The molecule has 0 aliphatic heterocycles. The molecule has 2 rings (SSSR count). The van der Waals surface area contributed by atoms with Gasteiger partial charge in [-0.25, -0.2) is 9.48 Å². The Morgan fingerprint density at radius 1 is 1.36 bits per heavy atom. The van der Waals surface area contributed by atoms with Gasteiger partial charge in [-0.1, -0.05) is 43.7 Å². The summed E-state index contributed by atoms with van der Waals surface area (Å²) in [6.45, 7) is 4.09. The quantitative estimate of drug-likeness (QED) is 0.848. The van der Waals surface area contributed by atoms with Crippen LogP contribution < -0.4 is 11.0 Å². The number of aromatic amines is 1. The molecule has 6 heteroatoms. The van der Waals surface area contributed by atoms with Crippen molar-refractivity contribution in [2.24, 2.45) is 13.0 Å². The highest BCUT2D eigenvalue weighted by Gasteiger charge is 2.20. The molecule has 2 aromatic rings. The van der Waals surface area contributed by atoms with E-state index in [1.807, 2.05) is 25.1 Å². The molecule has 1 amide bonds. The zero-order valence-electron chi connectivity index (χ0n) is 13.2. The van der Waals surface area contributed by atoms with Gasteiger partial charge in [-0.15, -0.1) is 5.10 Å². The van der Waals surface area contributed by atoms with E-state index in [1.54, 1.807) is 0 Å². The van der Waals surface area contributed by atoms with Gasteiger partial charge in [0.15, 0.2) is 0 Å². The first kappa shape index (κ1) is 16.0. The van der Waals surface area contributed by atoms with E-state index in [9.17, 15) is 9.59 Å². The van der Waals surface area contributed by atoms with Crippen LogP contribution in [0, 0.1) is 5.92 Å². The molecule has 2 atom stereocenters. The Hall–Kier alpha value is -2.37. The molecular weight excluding hydrogens is 280 g/mol. The summed E-state index contributed by atoms with van der Waals surface area (Å²) in [5.74, 6) is 0.0208. The van der Waals surface area contributed by atoms with E-state index in [4.69, 9.17) is 0 Å². The number of H-pyrrole nitrogens is 1. The minimum Gasteiger partial charge on any atom is -0.347 e. The minimum atomic E-state index is -0.394. The summed E-state index contributed by atoms with van der Waals surface area (Å²) in [6.07, 6.45) is 1.85. The van der Waals surface area contributed by atoms with Crippen LogP contribution >= 0.6 is 0 Å². The molecule has 1 heterocycles. The number of nitrogens with zero attached hydrogens (tertiary/aromatic N) is 2. The third-order valence-corrected chi connectivity index (χ3v) is 3.92. The van der Waals surface area contributed by atoms with E-state index in [2.05, 4.69) is 34.5 Å². The molecule has 0 aliphatic rings. The van der Waals surface area contributed by atoms with Crippen molar-refractivity contribution in [1.29, 1.82) is 0 Å². The van der Waals surface area contributed by atoms with Crippen molar-refractivity contribution >= 4 is 5.91 Å². The van der Waals surface area contributed by atoms with Crippen molar-refractivity contribution in [1.82, 2.24) is 20.1 Å². The first-order valence-electron chi connectivity index (χ1n) is 7.49. The minimum absolute atomic E-state index is 0.0109. The highest BCUT2D eigenvalue weighted by atomic mass is 16.2. The maximum Gasteiger partial charge on any atom is 0.343 e. The van der Waals surface area contributed by atoms with Gasteiger partial charge in [0.25, 0.3) is 5.91 Å². The third-order valence-electron chi connectivity index (χ3n) is 3.92. The topological polar surface area (TPSA) is 79.8 Å². The van der Waals surface area contributed by atoms with E-state index in [0.717, 1.165) is 17.5 Å². The smallest absolute Gasteiger partial charge is 0.343 e. The van der Waals surface area contributed by atoms with Crippen molar-refractivity contribution in [2.75, 3.05) is 0 Å². The maximum atomic E-state index is 12.1. The van der Waals surface area contributed by atoms with E-state index in [0.29, 0.717) is 5.92 Å². The lowest BCUT2D eigenvalue weighted by molar-refractivity contribution is 0.0915. The number of amides is 1. The Labute approximate surface area is 129 Å². The fourth-order valence-electron chi connectivity index (χ4n) is 2.49. The number of carbonyl (C=O) groups is 1. The predicted molar refractivity (Wildman–Crippen MR) is 84.7 cm³/mol. The average molecular weight is 302 g/mol.